The van der Waals surface area contributed by atoms with Crippen molar-refractivity contribution in [2.75, 3.05) is 13.7 Å². The third-order valence-corrected chi connectivity index (χ3v) is 6.25. The second-order valence-electron chi connectivity index (χ2n) is 8.12. The average molecular weight is 447 g/mol. The Bertz CT molecular complexity index is 1150. The number of rotatable bonds is 4. The number of ether oxygens (including phenoxy) is 1. The van der Waals surface area contributed by atoms with Crippen molar-refractivity contribution in [1.82, 2.24) is 14.8 Å². The maximum atomic E-state index is 13.9. The standard InChI is InChI=1S/C22H23F2N3O5/c1-11-3-6-17(32-2)16-10-26(11)22(31)18-20(29)19(28)14(9-27(16)18)21(30)25-8-12-4-5-13(23)7-15(12)24/h4-5,7,9,11,16-17,29H,3,6,8,10H2,1-2H3,(H,25,30)/t11-,16+,17+/m0/s1. The van der Waals surface area contributed by atoms with Crippen LogP contribution in [0.5, 0.6) is 5.75 Å². The highest BCUT2D eigenvalue weighted by molar-refractivity contribution is 5.99. The molecule has 3 atom stereocenters. The first-order chi connectivity index (χ1) is 15.2. The number of aromatic hydroxyl groups is 1. The number of amides is 2. The molecule has 1 aromatic carbocycles. The van der Waals surface area contributed by atoms with Crippen LogP contribution < -0.4 is 10.7 Å². The van der Waals surface area contributed by atoms with Crippen LogP contribution in [0.2, 0.25) is 0 Å². The smallest absolute Gasteiger partial charge is 0.274 e. The molecule has 1 fully saturated rings. The van der Waals surface area contributed by atoms with Crippen LogP contribution >= 0.6 is 0 Å². The van der Waals surface area contributed by atoms with Gasteiger partial charge in [0.25, 0.3) is 11.8 Å². The summed E-state index contributed by atoms with van der Waals surface area (Å²) in [6, 6.07) is 2.44. The van der Waals surface area contributed by atoms with E-state index in [9.17, 15) is 28.3 Å². The predicted molar refractivity (Wildman–Crippen MR) is 109 cm³/mol. The molecule has 2 aliphatic heterocycles. The lowest BCUT2D eigenvalue weighted by Gasteiger charge is -2.38. The highest BCUT2D eigenvalue weighted by atomic mass is 19.1. The number of halogens is 2. The molecule has 4 rings (SSSR count). The maximum Gasteiger partial charge on any atom is 0.274 e. The molecule has 2 N–H and O–H groups in total. The lowest BCUT2D eigenvalue weighted by Crippen LogP contribution is -2.49. The number of pyridine rings is 1. The van der Waals surface area contributed by atoms with Gasteiger partial charge in [0.05, 0.1) is 12.1 Å². The molecule has 1 aromatic heterocycles. The highest BCUT2D eigenvalue weighted by Gasteiger charge is 2.42. The molecule has 0 radical (unpaired) electrons. The summed E-state index contributed by atoms with van der Waals surface area (Å²) in [5.74, 6) is -3.74. The van der Waals surface area contributed by atoms with Crippen molar-refractivity contribution in [1.29, 1.82) is 0 Å². The van der Waals surface area contributed by atoms with Crippen molar-refractivity contribution in [3.05, 3.63) is 63.1 Å². The van der Waals surface area contributed by atoms with Gasteiger partial charge in [0.15, 0.2) is 11.4 Å². The molecule has 1 saturated heterocycles. The molecule has 0 unspecified atom stereocenters. The predicted octanol–water partition coefficient (Wildman–Crippen LogP) is 1.96. The minimum Gasteiger partial charge on any atom is -0.503 e. The minimum absolute atomic E-state index is 0.0325. The zero-order chi connectivity index (χ0) is 23.2. The Morgan fingerprint density at radius 3 is 2.72 bits per heavy atom. The number of methoxy groups -OCH3 is 1. The molecule has 3 heterocycles. The van der Waals surface area contributed by atoms with Crippen molar-refractivity contribution in [2.24, 2.45) is 0 Å². The number of aromatic nitrogens is 1. The van der Waals surface area contributed by atoms with Gasteiger partial charge >= 0.3 is 0 Å². The van der Waals surface area contributed by atoms with Gasteiger partial charge in [0.1, 0.15) is 17.2 Å². The van der Waals surface area contributed by atoms with Gasteiger partial charge in [-0.25, -0.2) is 8.78 Å². The first-order valence-corrected chi connectivity index (χ1v) is 10.3. The van der Waals surface area contributed by atoms with Crippen LogP contribution in [0.15, 0.2) is 29.2 Å². The summed E-state index contributed by atoms with van der Waals surface area (Å²) in [5.41, 5.74) is -1.53. The topological polar surface area (TPSA) is 101 Å². The molecule has 170 valence electrons. The lowest BCUT2D eigenvalue weighted by molar-refractivity contribution is 0.0330. The average Bonchev–Trinajstić information content (AvgIpc) is 2.90. The lowest BCUT2D eigenvalue weighted by atomic mass is 10.0. The Hall–Kier alpha value is -3.27. The molecule has 2 aliphatic rings. The largest absolute Gasteiger partial charge is 0.503 e. The fourth-order valence-electron chi connectivity index (χ4n) is 4.40. The molecule has 32 heavy (non-hydrogen) atoms. The van der Waals surface area contributed by atoms with E-state index in [2.05, 4.69) is 5.32 Å². The molecule has 0 spiro atoms. The van der Waals surface area contributed by atoms with Gasteiger partial charge in [0, 0.05) is 44.1 Å². The number of carbonyl (C=O) groups excluding carboxylic acids is 2. The summed E-state index contributed by atoms with van der Waals surface area (Å²) < 4.78 is 34.0. The molecular formula is C22H23F2N3O5. The zero-order valence-corrected chi connectivity index (χ0v) is 17.6. The van der Waals surface area contributed by atoms with Gasteiger partial charge in [-0.3, -0.25) is 14.4 Å². The zero-order valence-electron chi connectivity index (χ0n) is 17.6. The quantitative estimate of drug-likeness (QED) is 0.746. The van der Waals surface area contributed by atoms with Gasteiger partial charge in [-0.1, -0.05) is 6.07 Å². The summed E-state index contributed by atoms with van der Waals surface area (Å²) in [4.78, 5) is 40.1. The summed E-state index contributed by atoms with van der Waals surface area (Å²) >= 11 is 0. The van der Waals surface area contributed by atoms with Crippen LogP contribution in [0.4, 0.5) is 8.78 Å². The van der Waals surface area contributed by atoms with E-state index in [-0.39, 0.29) is 35.5 Å². The van der Waals surface area contributed by atoms with E-state index in [0.717, 1.165) is 6.07 Å². The fraction of sp³-hybridized carbons (Fsp3) is 0.409. The van der Waals surface area contributed by atoms with Gasteiger partial charge in [-0.15, -0.1) is 0 Å². The molecule has 2 aromatic rings. The highest BCUT2D eigenvalue weighted by Crippen LogP contribution is 2.35. The summed E-state index contributed by atoms with van der Waals surface area (Å²) in [5, 5.41) is 13.0. The Kier molecular flexibility index (Phi) is 5.72. The van der Waals surface area contributed by atoms with Crippen molar-refractivity contribution in [3.63, 3.8) is 0 Å². The maximum absolute atomic E-state index is 13.9. The third kappa shape index (κ3) is 3.64. The molecule has 0 saturated carbocycles. The molecular weight excluding hydrogens is 424 g/mol. The summed E-state index contributed by atoms with van der Waals surface area (Å²) in [6.07, 6.45) is 2.30. The van der Waals surface area contributed by atoms with Crippen LogP contribution in [-0.2, 0) is 11.3 Å². The van der Waals surface area contributed by atoms with Crippen LogP contribution in [0.25, 0.3) is 0 Å². The number of nitrogens with one attached hydrogen (secondary N) is 1. The van der Waals surface area contributed by atoms with Crippen LogP contribution in [0.1, 0.15) is 52.2 Å². The first kappa shape index (κ1) is 21.9. The number of benzene rings is 1. The number of hydrogen-bond acceptors (Lipinski definition) is 5. The van der Waals surface area contributed by atoms with Crippen molar-refractivity contribution < 1.29 is 28.2 Å². The Morgan fingerprint density at radius 2 is 2.03 bits per heavy atom. The monoisotopic (exact) mass is 447 g/mol. The molecule has 2 bridgehead atoms. The third-order valence-electron chi connectivity index (χ3n) is 6.25. The van der Waals surface area contributed by atoms with E-state index in [1.165, 1.54) is 16.8 Å². The summed E-state index contributed by atoms with van der Waals surface area (Å²) in [7, 11) is 1.55. The number of carbonyl (C=O) groups is 2. The van der Waals surface area contributed by atoms with Crippen LogP contribution in [0.3, 0.4) is 0 Å². The van der Waals surface area contributed by atoms with Crippen molar-refractivity contribution in [3.8, 4) is 5.75 Å². The normalized spacial score (nSPS) is 22.3. The number of nitrogens with zero attached hydrogens (tertiary/aromatic N) is 2. The van der Waals surface area contributed by atoms with Gasteiger partial charge < -0.3 is 24.6 Å². The fourth-order valence-corrected chi connectivity index (χ4v) is 4.40. The van der Waals surface area contributed by atoms with Gasteiger partial charge in [0.2, 0.25) is 5.43 Å². The second kappa shape index (κ2) is 8.34. The molecule has 0 aliphatic carbocycles. The Labute approximate surface area is 182 Å². The molecule has 10 heteroatoms. The van der Waals surface area contributed by atoms with Crippen molar-refractivity contribution >= 4 is 11.8 Å². The second-order valence-corrected chi connectivity index (χ2v) is 8.12. The van der Waals surface area contributed by atoms with Gasteiger partial charge in [-0.05, 0) is 25.8 Å². The Morgan fingerprint density at radius 1 is 1.28 bits per heavy atom. The van der Waals surface area contributed by atoms with E-state index in [0.29, 0.717) is 25.5 Å². The summed E-state index contributed by atoms with van der Waals surface area (Å²) in [6.45, 7) is 1.92. The van der Waals surface area contributed by atoms with Crippen molar-refractivity contribution in [2.45, 2.75) is 44.5 Å². The van der Waals surface area contributed by atoms with E-state index in [1.54, 1.807) is 12.0 Å². The van der Waals surface area contributed by atoms with E-state index in [1.807, 2.05) is 6.92 Å². The Balaban J connectivity index is 1.71. The first-order valence-electron chi connectivity index (χ1n) is 10.3. The van der Waals surface area contributed by atoms with E-state index < -0.39 is 40.7 Å². The molecule has 2 amide bonds. The number of fused-ring (bicyclic) bond motifs is 4. The molecule has 8 nitrogen and oxygen atoms in total. The number of hydrogen-bond donors (Lipinski definition) is 2. The minimum atomic E-state index is -0.997. The van der Waals surface area contributed by atoms with E-state index in [4.69, 9.17) is 4.74 Å². The van der Waals surface area contributed by atoms with E-state index >= 15 is 0 Å². The van der Waals surface area contributed by atoms with Gasteiger partial charge in [-0.2, -0.15) is 0 Å². The SMILES string of the molecule is CO[C@@H]1CC[C@H](C)N2C[C@H]1n1cc(C(=O)NCc3ccc(F)cc3F)c(=O)c(O)c1C2=O. The van der Waals surface area contributed by atoms with Crippen LogP contribution in [-0.4, -0.2) is 52.2 Å². The van der Waals surface area contributed by atoms with Crippen LogP contribution in [0, 0.1) is 11.6 Å².